The summed E-state index contributed by atoms with van der Waals surface area (Å²) in [6.45, 7) is 0. The van der Waals surface area contributed by atoms with E-state index in [0.29, 0.717) is 9.90 Å². The van der Waals surface area contributed by atoms with Gasteiger partial charge in [-0.15, -0.1) is 11.3 Å². The fourth-order valence-electron chi connectivity index (χ4n) is 1.85. The number of thiophene rings is 1. The van der Waals surface area contributed by atoms with E-state index in [9.17, 15) is 4.79 Å². The highest BCUT2D eigenvalue weighted by atomic mass is 79.9. The van der Waals surface area contributed by atoms with Gasteiger partial charge in [-0.3, -0.25) is 9.78 Å². The molecule has 0 fully saturated rings. The first kappa shape index (κ1) is 15.1. The van der Waals surface area contributed by atoms with E-state index in [-0.39, 0.29) is 5.91 Å². The smallest absolute Gasteiger partial charge is 0.266 e. The Morgan fingerprint density at radius 3 is 3.05 bits per heavy atom. The molecule has 0 aliphatic carbocycles. The number of hydrogen-bond donors (Lipinski definition) is 1. The Bertz CT molecular complexity index is 864. The van der Waals surface area contributed by atoms with Gasteiger partial charge in [0.15, 0.2) is 0 Å². The normalized spacial score (nSPS) is 11.2. The van der Waals surface area contributed by atoms with Crippen molar-refractivity contribution >= 4 is 61.1 Å². The van der Waals surface area contributed by atoms with E-state index in [1.165, 1.54) is 17.6 Å². The van der Waals surface area contributed by atoms with Gasteiger partial charge in [0.2, 0.25) is 0 Å². The van der Waals surface area contributed by atoms with Gasteiger partial charge in [-0.1, -0.05) is 39.7 Å². The molecule has 110 valence electrons. The number of nitrogens with one attached hydrogen (secondary N) is 1. The van der Waals surface area contributed by atoms with Gasteiger partial charge in [-0.25, -0.2) is 5.43 Å². The quantitative estimate of drug-likeness (QED) is 0.526. The van der Waals surface area contributed by atoms with Crippen LogP contribution in [0.25, 0.3) is 10.1 Å². The predicted octanol–water partition coefficient (Wildman–Crippen LogP) is 4.48. The third-order valence-corrected chi connectivity index (χ3v) is 5.01. The van der Waals surface area contributed by atoms with Crippen LogP contribution in [0.2, 0.25) is 5.02 Å². The molecule has 2 aromatic heterocycles. The van der Waals surface area contributed by atoms with Gasteiger partial charge >= 0.3 is 0 Å². The zero-order chi connectivity index (χ0) is 15.5. The van der Waals surface area contributed by atoms with Crippen LogP contribution in [-0.4, -0.2) is 17.1 Å². The van der Waals surface area contributed by atoms with Crippen molar-refractivity contribution in [3.63, 3.8) is 0 Å². The highest BCUT2D eigenvalue weighted by Crippen LogP contribution is 2.36. The molecule has 3 rings (SSSR count). The minimum Gasteiger partial charge on any atom is -0.266 e. The molecule has 0 aliphatic rings. The maximum Gasteiger partial charge on any atom is 0.283 e. The Kier molecular flexibility index (Phi) is 4.52. The van der Waals surface area contributed by atoms with Crippen LogP contribution in [0.1, 0.15) is 15.2 Å². The topological polar surface area (TPSA) is 54.4 Å². The molecular weight excluding hydrogens is 386 g/mol. The molecule has 4 nitrogen and oxygen atoms in total. The largest absolute Gasteiger partial charge is 0.283 e. The third-order valence-electron chi connectivity index (χ3n) is 2.86. The highest BCUT2D eigenvalue weighted by molar-refractivity contribution is 9.10. The Labute approximate surface area is 144 Å². The number of halogens is 2. The molecule has 1 amide bonds. The van der Waals surface area contributed by atoms with Crippen LogP contribution in [0, 0.1) is 0 Å². The molecule has 22 heavy (non-hydrogen) atoms. The molecule has 7 heteroatoms. The van der Waals surface area contributed by atoms with Crippen molar-refractivity contribution in [1.82, 2.24) is 10.4 Å². The Balaban J connectivity index is 1.80. The number of hydrazone groups is 1. The van der Waals surface area contributed by atoms with Gasteiger partial charge in [0.05, 0.1) is 11.2 Å². The SMILES string of the molecule is O=C(N/N=C\c1cccnc1)c1sc2cc(Br)ccc2c1Cl. The van der Waals surface area contributed by atoms with Crippen molar-refractivity contribution < 1.29 is 4.79 Å². The second-order valence-corrected chi connectivity index (χ2v) is 6.72. The van der Waals surface area contributed by atoms with E-state index in [0.717, 1.165) is 20.1 Å². The molecule has 0 bridgehead atoms. The average Bonchev–Trinajstić information content (AvgIpc) is 2.84. The monoisotopic (exact) mass is 393 g/mol. The van der Waals surface area contributed by atoms with Crippen LogP contribution < -0.4 is 5.43 Å². The van der Waals surface area contributed by atoms with Gasteiger partial charge < -0.3 is 0 Å². The molecular formula is C15H9BrClN3OS. The van der Waals surface area contributed by atoms with Crippen molar-refractivity contribution in [2.45, 2.75) is 0 Å². The summed E-state index contributed by atoms with van der Waals surface area (Å²) in [6.07, 6.45) is 4.85. The molecule has 1 N–H and O–H groups in total. The number of hydrogen-bond acceptors (Lipinski definition) is 4. The number of carbonyl (C=O) groups is 1. The number of benzene rings is 1. The molecule has 3 aromatic rings. The first-order valence-electron chi connectivity index (χ1n) is 6.26. The maximum absolute atomic E-state index is 12.2. The first-order chi connectivity index (χ1) is 10.6. The number of pyridine rings is 1. The van der Waals surface area contributed by atoms with E-state index >= 15 is 0 Å². The van der Waals surface area contributed by atoms with Crippen LogP contribution >= 0.6 is 38.9 Å². The van der Waals surface area contributed by atoms with Crippen LogP contribution in [0.5, 0.6) is 0 Å². The summed E-state index contributed by atoms with van der Waals surface area (Å²) >= 11 is 11.0. The molecule has 2 heterocycles. The number of amides is 1. The van der Waals surface area contributed by atoms with Gasteiger partial charge in [-0.05, 0) is 18.2 Å². The zero-order valence-corrected chi connectivity index (χ0v) is 14.2. The van der Waals surface area contributed by atoms with Crippen molar-refractivity contribution in [3.8, 4) is 0 Å². The lowest BCUT2D eigenvalue weighted by Crippen LogP contribution is -2.16. The highest BCUT2D eigenvalue weighted by Gasteiger charge is 2.16. The van der Waals surface area contributed by atoms with Crippen LogP contribution in [-0.2, 0) is 0 Å². The van der Waals surface area contributed by atoms with Gasteiger partial charge in [0.1, 0.15) is 4.88 Å². The molecule has 1 aromatic carbocycles. The average molecular weight is 395 g/mol. The molecule has 0 unspecified atom stereocenters. The van der Waals surface area contributed by atoms with Gasteiger partial charge in [0.25, 0.3) is 5.91 Å². The lowest BCUT2D eigenvalue weighted by molar-refractivity contribution is 0.0959. The summed E-state index contributed by atoms with van der Waals surface area (Å²) in [5.41, 5.74) is 3.28. The summed E-state index contributed by atoms with van der Waals surface area (Å²) in [5.74, 6) is -0.331. The Morgan fingerprint density at radius 1 is 1.41 bits per heavy atom. The molecule has 0 saturated carbocycles. The second kappa shape index (κ2) is 6.56. The molecule has 0 spiro atoms. The minimum absolute atomic E-state index is 0.331. The van der Waals surface area contributed by atoms with E-state index in [2.05, 4.69) is 31.4 Å². The van der Waals surface area contributed by atoms with Crippen LogP contribution in [0.3, 0.4) is 0 Å². The van der Waals surface area contributed by atoms with Gasteiger partial charge in [0, 0.05) is 32.5 Å². The number of fused-ring (bicyclic) bond motifs is 1. The summed E-state index contributed by atoms with van der Waals surface area (Å²) < 4.78 is 1.89. The first-order valence-corrected chi connectivity index (χ1v) is 8.25. The lowest BCUT2D eigenvalue weighted by atomic mass is 10.2. The Hall–Kier alpha value is -1.76. The van der Waals surface area contributed by atoms with E-state index < -0.39 is 0 Å². The van der Waals surface area contributed by atoms with Crippen molar-refractivity contribution in [2.75, 3.05) is 0 Å². The van der Waals surface area contributed by atoms with Gasteiger partial charge in [-0.2, -0.15) is 5.10 Å². The summed E-state index contributed by atoms with van der Waals surface area (Å²) in [7, 11) is 0. The van der Waals surface area contributed by atoms with E-state index in [1.54, 1.807) is 18.5 Å². The summed E-state index contributed by atoms with van der Waals surface area (Å²) in [5, 5.41) is 5.22. The fraction of sp³-hybridized carbons (Fsp3) is 0. The number of nitrogens with zero attached hydrogens (tertiary/aromatic N) is 2. The molecule has 0 aliphatic heterocycles. The van der Waals surface area contributed by atoms with Crippen molar-refractivity contribution in [3.05, 3.63) is 62.7 Å². The van der Waals surface area contributed by atoms with Crippen LogP contribution in [0.15, 0.2) is 52.3 Å². The van der Waals surface area contributed by atoms with E-state index in [4.69, 9.17) is 11.6 Å². The summed E-state index contributed by atoms with van der Waals surface area (Å²) in [6, 6.07) is 9.34. The fourth-order valence-corrected chi connectivity index (χ4v) is 3.81. The maximum atomic E-state index is 12.2. The molecule has 0 radical (unpaired) electrons. The lowest BCUT2D eigenvalue weighted by Gasteiger charge is -1.97. The number of aromatic nitrogens is 1. The van der Waals surface area contributed by atoms with Crippen molar-refractivity contribution in [1.29, 1.82) is 0 Å². The molecule has 0 atom stereocenters. The zero-order valence-electron chi connectivity index (χ0n) is 11.1. The summed E-state index contributed by atoms with van der Waals surface area (Å²) in [4.78, 5) is 16.6. The standard InChI is InChI=1S/C15H9BrClN3OS/c16-10-3-4-11-12(6-10)22-14(13(11)17)15(21)20-19-8-9-2-1-5-18-7-9/h1-8H,(H,20,21)/b19-8-. The third kappa shape index (κ3) is 3.19. The predicted molar refractivity (Wildman–Crippen MR) is 93.8 cm³/mol. The molecule has 0 saturated heterocycles. The second-order valence-electron chi connectivity index (χ2n) is 4.37. The Morgan fingerprint density at radius 2 is 2.27 bits per heavy atom. The van der Waals surface area contributed by atoms with Crippen molar-refractivity contribution in [2.24, 2.45) is 5.10 Å². The van der Waals surface area contributed by atoms with E-state index in [1.807, 2.05) is 24.3 Å². The van der Waals surface area contributed by atoms with Crippen LogP contribution in [0.4, 0.5) is 0 Å². The number of carbonyl (C=O) groups excluding carboxylic acids is 1. The number of rotatable bonds is 3. The minimum atomic E-state index is -0.331.